The molecule has 3 N–H and O–H groups in total. The number of halogens is 3. The Labute approximate surface area is 115 Å². The van der Waals surface area contributed by atoms with Gasteiger partial charge in [-0.05, 0) is 25.7 Å². The highest BCUT2D eigenvalue weighted by molar-refractivity contribution is 5.86. The molecule has 0 radical (unpaired) electrons. The van der Waals surface area contributed by atoms with Gasteiger partial charge in [-0.3, -0.25) is 9.59 Å². The average Bonchev–Trinajstić information content (AvgIpc) is 2.34. The third-order valence-corrected chi connectivity index (χ3v) is 3.57. The molecule has 1 heterocycles. The lowest BCUT2D eigenvalue weighted by atomic mass is 9.94. The third-order valence-electron chi connectivity index (χ3n) is 3.57. The summed E-state index contributed by atoms with van der Waals surface area (Å²) in [6, 6.07) is 0. The van der Waals surface area contributed by atoms with Crippen LogP contribution in [-0.2, 0) is 9.59 Å². The van der Waals surface area contributed by atoms with Gasteiger partial charge in [-0.15, -0.1) is 0 Å². The highest BCUT2D eigenvalue weighted by atomic mass is 19.4. The number of carbonyl (C=O) groups excluding carboxylic acids is 2. The van der Waals surface area contributed by atoms with Crippen LogP contribution >= 0.6 is 0 Å². The number of likely N-dealkylation sites (tertiary alicyclic amines) is 1. The minimum atomic E-state index is -4.77. The number of hydrogen-bond acceptors (Lipinski definition) is 3. The largest absolute Gasteiger partial charge is 0.415 e. The second-order valence-corrected chi connectivity index (χ2v) is 5.37. The zero-order valence-electron chi connectivity index (χ0n) is 11.6. The van der Waals surface area contributed by atoms with Crippen LogP contribution in [0.25, 0.3) is 0 Å². The van der Waals surface area contributed by atoms with Crippen LogP contribution in [0.3, 0.4) is 0 Å². The molecule has 1 saturated heterocycles. The summed E-state index contributed by atoms with van der Waals surface area (Å²) in [6.45, 7) is 3.04. The van der Waals surface area contributed by atoms with Gasteiger partial charge in [0.05, 0.1) is 0 Å². The molecule has 1 rings (SSSR count). The fourth-order valence-corrected chi connectivity index (χ4v) is 2.08. The van der Waals surface area contributed by atoms with Gasteiger partial charge < -0.3 is 16.0 Å². The molecule has 20 heavy (non-hydrogen) atoms. The Morgan fingerprint density at radius 3 is 2.20 bits per heavy atom. The number of carbonyl (C=O) groups is 2. The first-order valence-electron chi connectivity index (χ1n) is 6.45. The molecule has 0 aromatic heterocycles. The summed E-state index contributed by atoms with van der Waals surface area (Å²) in [5.74, 6) is -1.06. The van der Waals surface area contributed by atoms with Crippen molar-refractivity contribution in [1.29, 1.82) is 0 Å². The Morgan fingerprint density at radius 2 is 1.80 bits per heavy atom. The van der Waals surface area contributed by atoms with Crippen molar-refractivity contribution < 1.29 is 22.8 Å². The summed E-state index contributed by atoms with van der Waals surface area (Å²) < 4.78 is 38.1. The molecule has 1 fully saturated rings. The number of piperidine rings is 1. The van der Waals surface area contributed by atoms with Crippen molar-refractivity contribution in [3.05, 3.63) is 0 Å². The number of nitrogens with zero attached hydrogens (tertiary/aromatic N) is 1. The van der Waals surface area contributed by atoms with Gasteiger partial charge in [0.2, 0.25) is 5.91 Å². The van der Waals surface area contributed by atoms with E-state index in [0.29, 0.717) is 26.3 Å². The van der Waals surface area contributed by atoms with Gasteiger partial charge >= 0.3 is 6.18 Å². The molecular weight excluding hydrogens is 275 g/mol. The Hall–Kier alpha value is -1.31. The van der Waals surface area contributed by atoms with Gasteiger partial charge in [-0.2, -0.15) is 13.2 Å². The summed E-state index contributed by atoms with van der Waals surface area (Å²) in [5, 5.41) is 2.67. The van der Waals surface area contributed by atoms with Gasteiger partial charge in [0, 0.05) is 26.6 Å². The van der Waals surface area contributed by atoms with Gasteiger partial charge in [-0.25, -0.2) is 0 Å². The van der Waals surface area contributed by atoms with E-state index in [1.54, 1.807) is 0 Å². The number of hydrogen-bond donors (Lipinski definition) is 2. The Morgan fingerprint density at radius 1 is 1.30 bits per heavy atom. The van der Waals surface area contributed by atoms with Crippen LogP contribution in [-0.4, -0.2) is 48.1 Å². The van der Waals surface area contributed by atoms with Crippen LogP contribution in [0.4, 0.5) is 13.2 Å². The van der Waals surface area contributed by atoms with E-state index in [9.17, 15) is 22.8 Å². The minimum Gasteiger partial charge on any atom is -0.356 e. The van der Waals surface area contributed by atoms with Gasteiger partial charge in [-0.1, -0.05) is 0 Å². The molecule has 0 aliphatic carbocycles. The van der Waals surface area contributed by atoms with E-state index >= 15 is 0 Å². The lowest BCUT2D eigenvalue weighted by Crippen LogP contribution is -2.63. The van der Waals surface area contributed by atoms with E-state index in [-0.39, 0.29) is 24.9 Å². The van der Waals surface area contributed by atoms with E-state index in [4.69, 9.17) is 5.73 Å². The summed E-state index contributed by atoms with van der Waals surface area (Å²) >= 11 is 0. The van der Waals surface area contributed by atoms with Crippen molar-refractivity contribution in [2.75, 3.05) is 19.6 Å². The van der Waals surface area contributed by atoms with E-state index < -0.39 is 17.6 Å². The Kier molecular flexibility index (Phi) is 5.01. The number of nitrogens with two attached hydrogens (primary N) is 1. The maximum atomic E-state index is 12.7. The molecule has 1 atom stereocenters. The van der Waals surface area contributed by atoms with Crippen molar-refractivity contribution >= 4 is 11.8 Å². The fourth-order valence-electron chi connectivity index (χ4n) is 2.08. The zero-order chi connectivity index (χ0) is 15.6. The molecule has 0 aromatic rings. The summed E-state index contributed by atoms with van der Waals surface area (Å²) in [6.07, 6.45) is -3.66. The van der Waals surface area contributed by atoms with Crippen LogP contribution in [0.2, 0.25) is 0 Å². The minimum absolute atomic E-state index is 0.143. The van der Waals surface area contributed by atoms with Crippen molar-refractivity contribution in [2.24, 2.45) is 11.7 Å². The smallest absolute Gasteiger partial charge is 0.356 e. The summed E-state index contributed by atoms with van der Waals surface area (Å²) in [7, 11) is 0. The molecule has 5 nitrogen and oxygen atoms in total. The van der Waals surface area contributed by atoms with Crippen LogP contribution in [0, 0.1) is 5.92 Å². The molecule has 1 aliphatic heterocycles. The molecule has 8 heteroatoms. The second-order valence-electron chi connectivity index (χ2n) is 5.37. The molecule has 2 amide bonds. The highest BCUT2D eigenvalue weighted by Gasteiger charge is 2.55. The summed E-state index contributed by atoms with van der Waals surface area (Å²) in [5.41, 5.74) is 2.28. The average molecular weight is 295 g/mol. The first-order chi connectivity index (χ1) is 9.05. The van der Waals surface area contributed by atoms with Gasteiger partial charge in [0.25, 0.3) is 5.91 Å². The lowest BCUT2D eigenvalue weighted by molar-refractivity contribution is -0.194. The monoisotopic (exact) mass is 295 g/mol. The SMILES string of the molecule is CC(=O)NCC1CCN(C(=O)C(C)(N)C(F)(F)F)CC1. The van der Waals surface area contributed by atoms with E-state index in [2.05, 4.69) is 5.32 Å². The van der Waals surface area contributed by atoms with Crippen molar-refractivity contribution in [1.82, 2.24) is 10.2 Å². The van der Waals surface area contributed by atoms with Crippen LogP contribution in [0.15, 0.2) is 0 Å². The molecule has 1 aliphatic rings. The molecule has 0 aromatic carbocycles. The topological polar surface area (TPSA) is 75.4 Å². The molecule has 0 spiro atoms. The highest BCUT2D eigenvalue weighted by Crippen LogP contribution is 2.30. The lowest BCUT2D eigenvalue weighted by Gasteiger charge is -2.37. The first-order valence-corrected chi connectivity index (χ1v) is 6.45. The van der Waals surface area contributed by atoms with E-state index in [1.165, 1.54) is 6.92 Å². The third kappa shape index (κ3) is 3.84. The normalized spacial score (nSPS) is 20.4. The quantitative estimate of drug-likeness (QED) is 0.802. The number of nitrogens with one attached hydrogen (secondary N) is 1. The van der Waals surface area contributed by atoms with Crippen molar-refractivity contribution in [3.63, 3.8) is 0 Å². The first kappa shape index (κ1) is 16.7. The maximum absolute atomic E-state index is 12.7. The van der Waals surface area contributed by atoms with Crippen LogP contribution in [0.1, 0.15) is 26.7 Å². The molecule has 116 valence electrons. The maximum Gasteiger partial charge on any atom is 0.415 e. The standard InChI is InChI=1S/C12H20F3N3O2/c1-8(19)17-7-9-3-5-18(6-4-9)10(20)11(2,16)12(13,14)15/h9H,3-7,16H2,1-2H3,(H,17,19). The predicted molar refractivity (Wildman–Crippen MR) is 66.6 cm³/mol. The Bertz CT molecular complexity index is 375. The number of amides is 2. The van der Waals surface area contributed by atoms with Crippen molar-refractivity contribution in [2.45, 2.75) is 38.4 Å². The predicted octanol–water partition coefficient (Wildman–Crippen LogP) is 0.641. The zero-order valence-corrected chi connectivity index (χ0v) is 11.6. The second kappa shape index (κ2) is 5.99. The summed E-state index contributed by atoms with van der Waals surface area (Å²) in [4.78, 5) is 23.8. The van der Waals surface area contributed by atoms with Crippen LogP contribution in [0.5, 0.6) is 0 Å². The molecular formula is C12H20F3N3O2. The van der Waals surface area contributed by atoms with Crippen molar-refractivity contribution in [3.8, 4) is 0 Å². The Balaban J connectivity index is 2.53. The van der Waals surface area contributed by atoms with Gasteiger partial charge in [0.1, 0.15) is 0 Å². The van der Waals surface area contributed by atoms with Crippen LogP contribution < -0.4 is 11.1 Å². The van der Waals surface area contributed by atoms with E-state index in [1.807, 2.05) is 0 Å². The molecule has 0 bridgehead atoms. The fraction of sp³-hybridized carbons (Fsp3) is 0.833. The van der Waals surface area contributed by atoms with Gasteiger partial charge in [0.15, 0.2) is 5.54 Å². The molecule has 0 saturated carbocycles. The van der Waals surface area contributed by atoms with E-state index in [0.717, 1.165) is 4.90 Å². The molecule has 1 unspecified atom stereocenters. The number of rotatable bonds is 3. The number of alkyl halides is 3.